The van der Waals surface area contributed by atoms with Crippen LogP contribution in [0.2, 0.25) is 5.02 Å². The number of anilines is 1. The lowest BCUT2D eigenvalue weighted by Crippen LogP contribution is -2.38. The Morgan fingerprint density at radius 2 is 1.74 bits per heavy atom. The number of urea groups is 1. The highest BCUT2D eigenvalue weighted by atomic mass is 35.5. The van der Waals surface area contributed by atoms with E-state index in [1.165, 1.54) is 5.56 Å². The molecule has 0 unspecified atom stereocenters. The molecular formula is C31H28ClN5O. The van der Waals surface area contributed by atoms with Crippen LogP contribution in [0.3, 0.4) is 0 Å². The average Bonchev–Trinajstić information content (AvgIpc) is 3.47. The van der Waals surface area contributed by atoms with Crippen molar-refractivity contribution in [2.24, 2.45) is 0 Å². The van der Waals surface area contributed by atoms with E-state index in [1.54, 1.807) is 0 Å². The van der Waals surface area contributed by atoms with E-state index in [0.29, 0.717) is 11.6 Å². The van der Waals surface area contributed by atoms with Gasteiger partial charge in [0.1, 0.15) is 5.82 Å². The topological polar surface area (TPSA) is 55.1 Å². The van der Waals surface area contributed by atoms with Gasteiger partial charge in [-0.25, -0.2) is 9.48 Å². The van der Waals surface area contributed by atoms with Gasteiger partial charge >= 0.3 is 6.03 Å². The zero-order valence-electron chi connectivity index (χ0n) is 21.5. The van der Waals surface area contributed by atoms with E-state index < -0.39 is 0 Å². The zero-order chi connectivity index (χ0) is 26.4. The molecule has 0 spiro atoms. The summed E-state index contributed by atoms with van der Waals surface area (Å²) in [5.74, 6) is 0.933. The fourth-order valence-corrected chi connectivity index (χ4v) is 5.39. The first-order valence-electron chi connectivity index (χ1n) is 12.6. The van der Waals surface area contributed by atoms with Crippen LogP contribution in [-0.2, 0) is 6.54 Å². The second-order valence-corrected chi connectivity index (χ2v) is 10.2. The Bertz CT molecular complexity index is 1650. The number of carbonyl (C=O) groups is 1. The van der Waals surface area contributed by atoms with Gasteiger partial charge in [0.05, 0.1) is 29.7 Å². The molecule has 5 aromatic rings. The molecule has 3 aromatic carbocycles. The summed E-state index contributed by atoms with van der Waals surface area (Å²) in [6.45, 7) is 6.49. The molecule has 38 heavy (non-hydrogen) atoms. The molecule has 3 heterocycles. The summed E-state index contributed by atoms with van der Waals surface area (Å²) in [4.78, 5) is 15.9. The third-order valence-corrected chi connectivity index (χ3v) is 7.51. The van der Waals surface area contributed by atoms with E-state index in [1.807, 2.05) is 108 Å². The van der Waals surface area contributed by atoms with E-state index in [2.05, 4.69) is 22.9 Å². The monoisotopic (exact) mass is 521 g/mol. The molecule has 6 rings (SSSR count). The largest absolute Gasteiger partial charge is 0.322 e. The fraction of sp³-hybridized carbons (Fsp3) is 0.161. The van der Waals surface area contributed by atoms with Crippen LogP contribution in [-0.4, -0.2) is 25.3 Å². The van der Waals surface area contributed by atoms with Gasteiger partial charge in [-0.1, -0.05) is 48.0 Å². The number of nitrogens with zero attached hydrogens (tertiary/aromatic N) is 4. The molecule has 0 saturated heterocycles. The number of hydrogen-bond donors (Lipinski definition) is 1. The minimum Gasteiger partial charge on any atom is -0.308 e. The van der Waals surface area contributed by atoms with Crippen molar-refractivity contribution in [3.8, 4) is 11.5 Å². The van der Waals surface area contributed by atoms with Crippen molar-refractivity contribution in [2.75, 3.05) is 5.32 Å². The summed E-state index contributed by atoms with van der Waals surface area (Å²) in [7, 11) is 0. The lowest BCUT2D eigenvalue weighted by molar-refractivity contribution is 0.194. The predicted octanol–water partition coefficient (Wildman–Crippen LogP) is 7.38. The van der Waals surface area contributed by atoms with E-state index in [-0.39, 0.29) is 12.1 Å². The van der Waals surface area contributed by atoms with Crippen molar-refractivity contribution < 1.29 is 4.79 Å². The summed E-state index contributed by atoms with van der Waals surface area (Å²) in [5.41, 5.74) is 7.80. The maximum Gasteiger partial charge on any atom is 0.322 e. The molecule has 1 atom stereocenters. The number of carbonyl (C=O) groups excluding carboxylic acids is 1. The van der Waals surface area contributed by atoms with E-state index >= 15 is 0 Å². The van der Waals surface area contributed by atoms with Gasteiger partial charge in [-0.15, -0.1) is 0 Å². The van der Waals surface area contributed by atoms with Gasteiger partial charge in [-0.3, -0.25) is 0 Å². The summed E-state index contributed by atoms with van der Waals surface area (Å²) >= 11 is 6.45. The van der Waals surface area contributed by atoms with Crippen LogP contribution in [0.25, 0.3) is 11.5 Å². The van der Waals surface area contributed by atoms with Gasteiger partial charge < -0.3 is 14.8 Å². The molecule has 2 aromatic heterocycles. The van der Waals surface area contributed by atoms with Gasteiger partial charge in [0, 0.05) is 22.5 Å². The molecule has 0 fully saturated rings. The van der Waals surface area contributed by atoms with Gasteiger partial charge in [0.2, 0.25) is 0 Å². The smallest absolute Gasteiger partial charge is 0.308 e. The average molecular weight is 522 g/mol. The molecule has 1 N–H and O–H groups in total. The first-order chi connectivity index (χ1) is 18.4. The van der Waals surface area contributed by atoms with Crippen LogP contribution in [0.1, 0.15) is 39.7 Å². The number of halogens is 1. The highest BCUT2D eigenvalue weighted by Crippen LogP contribution is 2.39. The standard InChI is InChI=1S/C31H28ClN5O/c1-20-14-15-25(17-21(20)2)33-31(38)36-19-27-22(3)34-37(26-11-5-4-6-12-26)30(27)35-16-8-13-28(35)29(36)23-9-7-10-24(32)18-23/h4-18,29H,19H2,1-3H3,(H,33,38)/t29-/m1/s1. The van der Waals surface area contributed by atoms with Crippen molar-refractivity contribution in [3.63, 3.8) is 0 Å². The molecule has 0 bridgehead atoms. The van der Waals surface area contributed by atoms with Crippen LogP contribution in [0.5, 0.6) is 0 Å². The van der Waals surface area contributed by atoms with E-state index in [9.17, 15) is 4.79 Å². The number of para-hydroxylation sites is 1. The molecule has 6 nitrogen and oxygen atoms in total. The number of aromatic nitrogens is 3. The Morgan fingerprint density at radius 3 is 2.50 bits per heavy atom. The number of amides is 2. The van der Waals surface area contributed by atoms with Crippen molar-refractivity contribution in [3.05, 3.63) is 130 Å². The predicted molar refractivity (Wildman–Crippen MR) is 151 cm³/mol. The van der Waals surface area contributed by atoms with Gasteiger partial charge in [-0.2, -0.15) is 5.10 Å². The van der Waals surface area contributed by atoms with Crippen LogP contribution in [0.4, 0.5) is 10.5 Å². The second-order valence-electron chi connectivity index (χ2n) is 9.75. The number of benzene rings is 3. The Labute approximate surface area is 227 Å². The molecule has 0 aliphatic carbocycles. The molecule has 1 aliphatic rings. The van der Waals surface area contributed by atoms with Crippen LogP contribution >= 0.6 is 11.6 Å². The number of nitrogens with one attached hydrogen (secondary N) is 1. The molecule has 2 amide bonds. The quantitative estimate of drug-likeness (QED) is 0.269. The molecule has 190 valence electrons. The van der Waals surface area contributed by atoms with Crippen LogP contribution in [0, 0.1) is 20.8 Å². The number of aryl methyl sites for hydroxylation is 3. The van der Waals surface area contributed by atoms with Crippen LogP contribution in [0.15, 0.2) is 91.1 Å². The fourth-order valence-electron chi connectivity index (χ4n) is 5.19. The SMILES string of the molecule is Cc1ccc(NC(=O)N2Cc3c(C)nn(-c4ccccc4)c3-n3cccc3[C@H]2c2cccc(Cl)c2)cc1C. The van der Waals surface area contributed by atoms with Crippen molar-refractivity contribution in [2.45, 2.75) is 33.4 Å². The van der Waals surface area contributed by atoms with E-state index in [4.69, 9.17) is 16.7 Å². The second kappa shape index (κ2) is 9.54. The Balaban J connectivity index is 1.53. The molecular weight excluding hydrogens is 494 g/mol. The lowest BCUT2D eigenvalue weighted by atomic mass is 10.0. The first-order valence-corrected chi connectivity index (χ1v) is 13.0. The Kier molecular flexibility index (Phi) is 6.04. The highest BCUT2D eigenvalue weighted by Gasteiger charge is 2.36. The Morgan fingerprint density at radius 1 is 0.921 bits per heavy atom. The van der Waals surface area contributed by atoms with E-state index in [0.717, 1.165) is 45.3 Å². The first kappa shape index (κ1) is 24.1. The summed E-state index contributed by atoms with van der Waals surface area (Å²) in [5, 5.41) is 8.69. The molecule has 7 heteroatoms. The molecule has 1 aliphatic heterocycles. The number of hydrogen-bond acceptors (Lipinski definition) is 2. The third-order valence-electron chi connectivity index (χ3n) is 7.27. The van der Waals surface area contributed by atoms with Gasteiger partial charge in [0.15, 0.2) is 0 Å². The summed E-state index contributed by atoms with van der Waals surface area (Å²) < 4.78 is 4.12. The lowest BCUT2D eigenvalue weighted by Gasteiger charge is -2.31. The Hall–Kier alpha value is -4.29. The molecule has 0 radical (unpaired) electrons. The maximum atomic E-state index is 14.1. The van der Waals surface area contributed by atoms with Gasteiger partial charge in [0.25, 0.3) is 0 Å². The minimum absolute atomic E-state index is 0.189. The van der Waals surface area contributed by atoms with Crippen LogP contribution < -0.4 is 5.32 Å². The minimum atomic E-state index is -0.369. The van der Waals surface area contributed by atoms with Crippen molar-refractivity contribution >= 4 is 23.3 Å². The summed E-state index contributed by atoms with van der Waals surface area (Å²) in [6.07, 6.45) is 2.04. The van der Waals surface area contributed by atoms with Crippen molar-refractivity contribution in [1.29, 1.82) is 0 Å². The van der Waals surface area contributed by atoms with Gasteiger partial charge in [-0.05, 0) is 86.0 Å². The molecule has 0 saturated carbocycles. The highest BCUT2D eigenvalue weighted by molar-refractivity contribution is 6.30. The summed E-state index contributed by atoms with van der Waals surface area (Å²) in [6, 6.07) is 27.3. The number of rotatable bonds is 3. The normalized spacial score (nSPS) is 14.5. The maximum absolute atomic E-state index is 14.1. The third kappa shape index (κ3) is 4.17. The number of fused-ring (bicyclic) bond motifs is 3. The zero-order valence-corrected chi connectivity index (χ0v) is 22.3. The van der Waals surface area contributed by atoms with Crippen molar-refractivity contribution in [1.82, 2.24) is 19.2 Å².